The number of sulfonamides is 2. The van der Waals surface area contributed by atoms with Crippen molar-refractivity contribution in [1.82, 2.24) is 9.29 Å². The Morgan fingerprint density at radius 3 is 2.16 bits per heavy atom. The third kappa shape index (κ3) is 3.70. The fraction of sp³-hybridized carbons (Fsp3) is 0.357. The number of benzene rings is 1. The molecule has 2 N–H and O–H groups in total. The van der Waals surface area contributed by atoms with E-state index in [0.717, 1.165) is 11.3 Å². The summed E-state index contributed by atoms with van der Waals surface area (Å²) in [6, 6.07) is 8.30. The molecule has 0 bridgehead atoms. The molecular formula is C14H18N4O4S3. The number of nitrogens with two attached hydrogens (primary N) is 1. The van der Waals surface area contributed by atoms with Crippen LogP contribution in [0, 0.1) is 6.92 Å². The van der Waals surface area contributed by atoms with Gasteiger partial charge in [-0.2, -0.15) is 4.31 Å². The van der Waals surface area contributed by atoms with Gasteiger partial charge in [0.05, 0.1) is 10.6 Å². The van der Waals surface area contributed by atoms with Crippen LogP contribution in [0.3, 0.4) is 0 Å². The summed E-state index contributed by atoms with van der Waals surface area (Å²) < 4.78 is 49.8. The van der Waals surface area contributed by atoms with E-state index < -0.39 is 20.0 Å². The van der Waals surface area contributed by atoms with E-state index in [1.807, 2.05) is 4.90 Å². The van der Waals surface area contributed by atoms with Crippen LogP contribution in [0.5, 0.6) is 0 Å². The van der Waals surface area contributed by atoms with E-state index in [1.54, 1.807) is 37.3 Å². The highest BCUT2D eigenvalue weighted by Gasteiger charge is 2.30. The lowest BCUT2D eigenvalue weighted by Gasteiger charge is -2.33. The minimum absolute atomic E-state index is 0.0434. The largest absolute Gasteiger partial charge is 0.345 e. The summed E-state index contributed by atoms with van der Waals surface area (Å²) in [5.41, 5.74) is 0.363. The van der Waals surface area contributed by atoms with Gasteiger partial charge in [0.25, 0.3) is 0 Å². The Morgan fingerprint density at radius 2 is 1.64 bits per heavy atom. The molecule has 3 rings (SSSR count). The van der Waals surface area contributed by atoms with E-state index in [4.69, 9.17) is 5.14 Å². The fourth-order valence-corrected chi connectivity index (χ4v) is 6.07. The van der Waals surface area contributed by atoms with Gasteiger partial charge in [0.1, 0.15) is 0 Å². The molecule has 1 aromatic heterocycles. The number of anilines is 1. The smallest absolute Gasteiger partial charge is 0.249 e. The Bertz CT molecular complexity index is 963. The molecular weight excluding hydrogens is 384 g/mol. The van der Waals surface area contributed by atoms with E-state index in [0.29, 0.717) is 37.0 Å². The second-order valence-electron chi connectivity index (χ2n) is 5.62. The van der Waals surface area contributed by atoms with Crippen LogP contribution in [-0.2, 0) is 20.0 Å². The summed E-state index contributed by atoms with van der Waals surface area (Å²) in [5.74, 6) is 0. The molecule has 2 aromatic rings. The zero-order chi connectivity index (χ0) is 18.2. The van der Waals surface area contributed by atoms with Crippen LogP contribution >= 0.6 is 11.3 Å². The van der Waals surface area contributed by atoms with Gasteiger partial charge in [-0.3, -0.25) is 0 Å². The minimum atomic E-state index is -3.80. The SMILES string of the molecule is Cc1nc(N2CCN(S(=O)(=O)c3ccccc3)CC2)sc1S(N)(=O)=O. The van der Waals surface area contributed by atoms with Crippen molar-refractivity contribution in [3.8, 4) is 0 Å². The van der Waals surface area contributed by atoms with E-state index in [9.17, 15) is 16.8 Å². The Morgan fingerprint density at radius 1 is 1.04 bits per heavy atom. The average Bonchev–Trinajstić information content (AvgIpc) is 2.98. The van der Waals surface area contributed by atoms with Crippen LogP contribution in [0.4, 0.5) is 5.13 Å². The lowest BCUT2D eigenvalue weighted by molar-refractivity contribution is 0.384. The van der Waals surface area contributed by atoms with Gasteiger partial charge in [0.15, 0.2) is 9.34 Å². The standard InChI is InChI=1S/C14H18N4O4S3/c1-11-13(24(15,19)20)23-14(16-11)17-7-9-18(10-8-17)25(21,22)12-5-3-2-4-6-12/h2-6H,7-10H2,1H3,(H2,15,19,20). The van der Waals surface area contributed by atoms with Gasteiger partial charge < -0.3 is 4.90 Å². The lowest BCUT2D eigenvalue weighted by Crippen LogP contribution is -2.48. The Balaban J connectivity index is 1.75. The van der Waals surface area contributed by atoms with Gasteiger partial charge in [-0.15, -0.1) is 0 Å². The molecule has 0 atom stereocenters. The monoisotopic (exact) mass is 402 g/mol. The number of aryl methyl sites for hydroxylation is 1. The van der Waals surface area contributed by atoms with Crippen molar-refractivity contribution in [2.24, 2.45) is 5.14 Å². The first-order chi connectivity index (χ1) is 11.7. The van der Waals surface area contributed by atoms with Crippen LogP contribution in [0.2, 0.25) is 0 Å². The Hall–Kier alpha value is -1.53. The summed E-state index contributed by atoms with van der Waals surface area (Å²) in [4.78, 5) is 6.41. The molecule has 25 heavy (non-hydrogen) atoms. The van der Waals surface area contributed by atoms with E-state index in [-0.39, 0.29) is 9.10 Å². The molecule has 0 spiro atoms. The summed E-state index contributed by atoms with van der Waals surface area (Å²) in [6.07, 6.45) is 0. The molecule has 1 saturated heterocycles. The molecule has 0 radical (unpaired) electrons. The molecule has 8 nitrogen and oxygen atoms in total. The maximum absolute atomic E-state index is 12.6. The van der Waals surface area contributed by atoms with E-state index in [2.05, 4.69) is 4.98 Å². The van der Waals surface area contributed by atoms with Crippen molar-refractivity contribution in [3.63, 3.8) is 0 Å². The zero-order valence-corrected chi connectivity index (χ0v) is 15.9. The number of rotatable bonds is 4. The van der Waals surface area contributed by atoms with Gasteiger partial charge in [-0.1, -0.05) is 29.5 Å². The number of nitrogens with zero attached hydrogens (tertiary/aromatic N) is 3. The Kier molecular flexibility index (Phi) is 4.86. The van der Waals surface area contributed by atoms with Gasteiger partial charge in [0, 0.05) is 26.2 Å². The minimum Gasteiger partial charge on any atom is -0.345 e. The highest BCUT2D eigenvalue weighted by Crippen LogP contribution is 2.30. The fourth-order valence-electron chi connectivity index (χ4n) is 2.63. The molecule has 0 saturated carbocycles. The first-order valence-corrected chi connectivity index (χ1v) is 11.3. The summed E-state index contributed by atoms with van der Waals surface area (Å²) in [5, 5.41) is 5.72. The van der Waals surface area contributed by atoms with Gasteiger partial charge in [-0.25, -0.2) is 27.0 Å². The summed E-state index contributed by atoms with van der Waals surface area (Å²) >= 11 is 1.01. The van der Waals surface area contributed by atoms with Crippen LogP contribution in [-0.4, -0.2) is 52.3 Å². The molecule has 0 amide bonds. The number of hydrogen-bond donors (Lipinski definition) is 1. The summed E-state index contributed by atoms with van der Waals surface area (Å²) in [6.45, 7) is 3.07. The van der Waals surface area contributed by atoms with Crippen molar-refractivity contribution >= 4 is 36.5 Å². The quantitative estimate of drug-likeness (QED) is 0.801. The first-order valence-electron chi connectivity index (χ1n) is 7.50. The Labute approximate surface area is 151 Å². The molecule has 11 heteroatoms. The highest BCUT2D eigenvalue weighted by atomic mass is 32.2. The molecule has 1 aromatic carbocycles. The van der Waals surface area contributed by atoms with Gasteiger partial charge in [0.2, 0.25) is 20.0 Å². The maximum atomic E-state index is 12.6. The number of thiazole rings is 1. The average molecular weight is 403 g/mol. The van der Waals surface area contributed by atoms with Crippen LogP contribution in [0.15, 0.2) is 39.4 Å². The van der Waals surface area contributed by atoms with E-state index in [1.165, 1.54) is 4.31 Å². The third-order valence-corrected chi connectivity index (χ3v) is 8.58. The number of piperazine rings is 1. The van der Waals surface area contributed by atoms with Crippen molar-refractivity contribution in [3.05, 3.63) is 36.0 Å². The molecule has 136 valence electrons. The highest BCUT2D eigenvalue weighted by molar-refractivity contribution is 7.91. The van der Waals surface area contributed by atoms with Crippen molar-refractivity contribution < 1.29 is 16.8 Å². The van der Waals surface area contributed by atoms with Crippen LogP contribution in [0.25, 0.3) is 0 Å². The van der Waals surface area contributed by atoms with Crippen molar-refractivity contribution in [2.45, 2.75) is 16.0 Å². The molecule has 1 aliphatic rings. The molecule has 2 heterocycles. The molecule has 1 aliphatic heterocycles. The lowest BCUT2D eigenvalue weighted by atomic mass is 10.4. The summed E-state index contributed by atoms with van der Waals surface area (Å²) in [7, 11) is -7.32. The van der Waals surface area contributed by atoms with Crippen LogP contribution < -0.4 is 10.0 Å². The predicted octanol–water partition coefficient (Wildman–Crippen LogP) is 0.610. The van der Waals surface area contributed by atoms with Crippen molar-refractivity contribution in [1.29, 1.82) is 0 Å². The zero-order valence-electron chi connectivity index (χ0n) is 13.5. The predicted molar refractivity (Wildman–Crippen MR) is 95.6 cm³/mol. The van der Waals surface area contributed by atoms with Crippen molar-refractivity contribution in [2.75, 3.05) is 31.1 Å². The number of primary sulfonamides is 1. The molecule has 0 unspecified atom stereocenters. The molecule has 0 aliphatic carbocycles. The van der Waals surface area contributed by atoms with Gasteiger partial charge >= 0.3 is 0 Å². The normalized spacial score (nSPS) is 17.0. The second-order valence-corrected chi connectivity index (χ2v) is 10.3. The van der Waals surface area contributed by atoms with Crippen LogP contribution in [0.1, 0.15) is 5.69 Å². The first kappa shape index (κ1) is 18.3. The maximum Gasteiger partial charge on any atom is 0.249 e. The molecule has 1 fully saturated rings. The van der Waals surface area contributed by atoms with Gasteiger partial charge in [-0.05, 0) is 19.1 Å². The number of hydrogen-bond acceptors (Lipinski definition) is 7. The topological polar surface area (TPSA) is 114 Å². The van der Waals surface area contributed by atoms with E-state index >= 15 is 0 Å². The second kappa shape index (κ2) is 6.65. The third-order valence-electron chi connectivity index (χ3n) is 3.89. The number of aromatic nitrogens is 1.